The molecule has 0 aliphatic heterocycles. The molecule has 0 radical (unpaired) electrons. The zero-order valence-corrected chi connectivity index (χ0v) is 11.2. The van der Waals surface area contributed by atoms with E-state index < -0.39 is 22.0 Å². The smallest absolute Gasteiger partial charge is 0.324 e. The third-order valence-corrected chi connectivity index (χ3v) is 3.82. The van der Waals surface area contributed by atoms with Crippen LogP contribution in [0.5, 0.6) is 0 Å². The Labute approximate surface area is 107 Å². The van der Waals surface area contributed by atoms with Crippen molar-refractivity contribution in [2.75, 3.05) is 6.61 Å². The molecule has 1 aromatic carbocycles. The molecule has 0 saturated heterocycles. The molecule has 0 heterocycles. The van der Waals surface area contributed by atoms with Crippen LogP contribution in [0.4, 0.5) is 0 Å². The summed E-state index contributed by atoms with van der Waals surface area (Å²) in [5, 5.41) is 0. The summed E-state index contributed by atoms with van der Waals surface area (Å²) in [7, 11) is -3.69. The van der Waals surface area contributed by atoms with Crippen LogP contribution < -0.4 is 4.72 Å². The van der Waals surface area contributed by atoms with E-state index in [1.807, 2.05) is 0 Å². The summed E-state index contributed by atoms with van der Waals surface area (Å²) in [6, 6.07) is 7.07. The Balaban J connectivity index is 2.85. The van der Waals surface area contributed by atoms with E-state index in [1.165, 1.54) is 12.1 Å². The van der Waals surface area contributed by atoms with Crippen LogP contribution in [0, 0.1) is 0 Å². The highest BCUT2D eigenvalue weighted by Gasteiger charge is 2.24. The van der Waals surface area contributed by atoms with Gasteiger partial charge in [0.1, 0.15) is 6.04 Å². The molecular weight excluding hydrogens is 254 g/mol. The summed E-state index contributed by atoms with van der Waals surface area (Å²) < 4.78 is 31.1. The molecule has 5 nitrogen and oxygen atoms in total. The molecule has 0 aromatic heterocycles. The van der Waals surface area contributed by atoms with Crippen LogP contribution in [0.15, 0.2) is 35.2 Å². The molecule has 0 unspecified atom stereocenters. The van der Waals surface area contributed by atoms with Crippen LogP contribution in [0.2, 0.25) is 0 Å². The first kappa shape index (κ1) is 14.7. The van der Waals surface area contributed by atoms with Crippen LogP contribution in [-0.2, 0) is 19.6 Å². The predicted molar refractivity (Wildman–Crippen MR) is 67.5 cm³/mol. The van der Waals surface area contributed by atoms with Crippen molar-refractivity contribution in [2.24, 2.45) is 0 Å². The average Bonchev–Trinajstić information content (AvgIpc) is 2.37. The van der Waals surface area contributed by atoms with Crippen molar-refractivity contribution in [3.63, 3.8) is 0 Å². The zero-order chi connectivity index (χ0) is 13.6. The second-order valence-corrected chi connectivity index (χ2v) is 5.36. The first-order valence-corrected chi connectivity index (χ1v) is 7.23. The number of carbonyl (C=O) groups excluding carboxylic acids is 1. The van der Waals surface area contributed by atoms with Crippen molar-refractivity contribution in [1.82, 2.24) is 4.72 Å². The van der Waals surface area contributed by atoms with Gasteiger partial charge < -0.3 is 4.74 Å². The summed E-state index contributed by atoms with van der Waals surface area (Å²) in [6.45, 7) is 3.62. The van der Waals surface area contributed by atoms with E-state index in [-0.39, 0.29) is 11.5 Å². The molecule has 0 aliphatic carbocycles. The molecule has 18 heavy (non-hydrogen) atoms. The SMILES string of the molecule is CCOC(=O)[C@H](CC)NS(=O)(=O)c1ccccc1. The summed E-state index contributed by atoms with van der Waals surface area (Å²) in [5.74, 6) is -0.556. The summed E-state index contributed by atoms with van der Waals surface area (Å²) in [5.41, 5.74) is 0. The molecule has 1 atom stereocenters. The molecule has 0 spiro atoms. The molecule has 6 heteroatoms. The molecule has 1 N–H and O–H groups in total. The first-order chi connectivity index (χ1) is 8.51. The van der Waals surface area contributed by atoms with E-state index in [2.05, 4.69) is 4.72 Å². The van der Waals surface area contributed by atoms with E-state index in [4.69, 9.17) is 4.74 Å². The number of esters is 1. The maximum atomic E-state index is 12.0. The van der Waals surface area contributed by atoms with Gasteiger partial charge in [-0.3, -0.25) is 4.79 Å². The summed E-state index contributed by atoms with van der Waals surface area (Å²) in [6.07, 6.45) is 0.338. The van der Waals surface area contributed by atoms with Crippen LogP contribution in [0.3, 0.4) is 0 Å². The number of rotatable bonds is 6. The number of sulfonamides is 1. The Morgan fingerprint density at radius 3 is 2.39 bits per heavy atom. The highest BCUT2D eigenvalue weighted by Crippen LogP contribution is 2.09. The molecule has 0 saturated carbocycles. The largest absolute Gasteiger partial charge is 0.465 e. The quantitative estimate of drug-likeness (QED) is 0.792. The third-order valence-electron chi connectivity index (χ3n) is 2.33. The van der Waals surface area contributed by atoms with Crippen LogP contribution in [-0.4, -0.2) is 27.0 Å². The predicted octanol–water partition coefficient (Wildman–Crippen LogP) is 1.31. The molecule has 0 aliphatic rings. The number of carbonyl (C=O) groups is 1. The Hall–Kier alpha value is -1.40. The number of hydrogen-bond donors (Lipinski definition) is 1. The van der Waals surface area contributed by atoms with Crippen LogP contribution >= 0.6 is 0 Å². The summed E-state index contributed by atoms with van der Waals surface area (Å²) in [4.78, 5) is 11.7. The van der Waals surface area contributed by atoms with Gasteiger partial charge in [-0.05, 0) is 25.5 Å². The van der Waals surface area contributed by atoms with Gasteiger partial charge in [-0.25, -0.2) is 8.42 Å². The van der Waals surface area contributed by atoms with Gasteiger partial charge in [0.15, 0.2) is 0 Å². The molecule has 1 rings (SSSR count). The van der Waals surface area contributed by atoms with Crippen molar-refractivity contribution in [2.45, 2.75) is 31.2 Å². The van der Waals surface area contributed by atoms with Gasteiger partial charge in [0.2, 0.25) is 10.0 Å². The zero-order valence-electron chi connectivity index (χ0n) is 10.4. The third kappa shape index (κ3) is 3.82. The van der Waals surface area contributed by atoms with Crippen molar-refractivity contribution in [3.05, 3.63) is 30.3 Å². The standard InChI is InChI=1S/C12H17NO4S/c1-3-11(12(14)17-4-2)13-18(15,16)10-8-6-5-7-9-10/h5-9,11,13H,3-4H2,1-2H3/t11-/m0/s1. The van der Waals surface area contributed by atoms with Crippen molar-refractivity contribution in [1.29, 1.82) is 0 Å². The lowest BCUT2D eigenvalue weighted by atomic mass is 10.2. The van der Waals surface area contributed by atoms with Crippen LogP contribution in [0.25, 0.3) is 0 Å². The molecule has 0 bridgehead atoms. The monoisotopic (exact) mass is 271 g/mol. The van der Waals surface area contributed by atoms with Gasteiger partial charge >= 0.3 is 5.97 Å². The van der Waals surface area contributed by atoms with E-state index >= 15 is 0 Å². The van der Waals surface area contributed by atoms with E-state index in [1.54, 1.807) is 32.0 Å². The second-order valence-electron chi connectivity index (χ2n) is 3.65. The molecular formula is C12H17NO4S. The highest BCUT2D eigenvalue weighted by molar-refractivity contribution is 7.89. The van der Waals surface area contributed by atoms with Gasteiger partial charge in [-0.15, -0.1) is 0 Å². The number of hydrogen-bond acceptors (Lipinski definition) is 4. The Kier molecular flexibility index (Phi) is 5.30. The Bertz CT molecular complexity index is 484. The minimum absolute atomic E-state index is 0.132. The normalized spacial score (nSPS) is 13.0. The maximum Gasteiger partial charge on any atom is 0.324 e. The number of nitrogens with one attached hydrogen (secondary N) is 1. The topological polar surface area (TPSA) is 72.5 Å². The van der Waals surface area contributed by atoms with Crippen LogP contribution in [0.1, 0.15) is 20.3 Å². The summed E-state index contributed by atoms with van der Waals surface area (Å²) >= 11 is 0. The maximum absolute atomic E-state index is 12.0. The lowest BCUT2D eigenvalue weighted by Gasteiger charge is -2.15. The molecule has 100 valence electrons. The van der Waals surface area contributed by atoms with Gasteiger partial charge in [0.25, 0.3) is 0 Å². The van der Waals surface area contributed by atoms with E-state index in [9.17, 15) is 13.2 Å². The highest BCUT2D eigenvalue weighted by atomic mass is 32.2. The number of benzene rings is 1. The lowest BCUT2D eigenvalue weighted by molar-refractivity contribution is -0.145. The van der Waals surface area contributed by atoms with Crippen molar-refractivity contribution < 1.29 is 17.9 Å². The Morgan fingerprint density at radius 2 is 1.89 bits per heavy atom. The minimum atomic E-state index is -3.69. The van der Waals surface area contributed by atoms with Gasteiger partial charge in [0, 0.05) is 0 Å². The molecule has 0 fully saturated rings. The fourth-order valence-corrected chi connectivity index (χ4v) is 2.68. The first-order valence-electron chi connectivity index (χ1n) is 5.75. The van der Waals surface area contributed by atoms with E-state index in [0.717, 1.165) is 0 Å². The van der Waals surface area contributed by atoms with E-state index in [0.29, 0.717) is 6.42 Å². The van der Waals surface area contributed by atoms with Crippen molar-refractivity contribution in [3.8, 4) is 0 Å². The second kappa shape index (κ2) is 6.51. The fraction of sp³-hybridized carbons (Fsp3) is 0.417. The van der Waals surface area contributed by atoms with Gasteiger partial charge in [-0.1, -0.05) is 25.1 Å². The van der Waals surface area contributed by atoms with Gasteiger partial charge in [-0.2, -0.15) is 4.72 Å². The fourth-order valence-electron chi connectivity index (χ4n) is 1.40. The Morgan fingerprint density at radius 1 is 1.28 bits per heavy atom. The van der Waals surface area contributed by atoms with Gasteiger partial charge in [0.05, 0.1) is 11.5 Å². The average molecular weight is 271 g/mol. The lowest BCUT2D eigenvalue weighted by Crippen LogP contribution is -2.41. The molecule has 1 aromatic rings. The number of ether oxygens (including phenoxy) is 1. The van der Waals surface area contributed by atoms with Crippen molar-refractivity contribution >= 4 is 16.0 Å². The minimum Gasteiger partial charge on any atom is -0.465 e. The molecule has 0 amide bonds.